The molecule has 5 heteroatoms. The molecule has 2 aromatic rings. The molecule has 1 heterocycles. The van der Waals surface area contributed by atoms with E-state index in [1.807, 2.05) is 13.1 Å². The van der Waals surface area contributed by atoms with Gasteiger partial charge < -0.3 is 5.32 Å². The maximum Gasteiger partial charge on any atom is 0.126 e. The number of aromatic nitrogens is 2. The molecule has 0 unspecified atom stereocenters. The van der Waals surface area contributed by atoms with Gasteiger partial charge in [0.1, 0.15) is 11.6 Å². The zero-order chi connectivity index (χ0) is 12.3. The van der Waals surface area contributed by atoms with Crippen LogP contribution < -0.4 is 5.32 Å². The Morgan fingerprint density at radius 1 is 1.24 bits per heavy atom. The van der Waals surface area contributed by atoms with E-state index in [9.17, 15) is 8.78 Å². The highest BCUT2D eigenvalue weighted by molar-refractivity contribution is 5.18. The van der Waals surface area contributed by atoms with Crippen LogP contribution in [0.15, 0.2) is 30.5 Å². The number of halogens is 2. The molecule has 17 heavy (non-hydrogen) atoms. The summed E-state index contributed by atoms with van der Waals surface area (Å²) in [7, 11) is 1.83. The minimum atomic E-state index is -0.567. The topological polar surface area (TPSA) is 29.9 Å². The Morgan fingerprint density at radius 3 is 2.59 bits per heavy atom. The summed E-state index contributed by atoms with van der Waals surface area (Å²) in [6.07, 6.45) is 1.67. The van der Waals surface area contributed by atoms with Gasteiger partial charge in [-0.1, -0.05) is 0 Å². The first kappa shape index (κ1) is 11.7. The van der Waals surface area contributed by atoms with Gasteiger partial charge in [0.2, 0.25) is 0 Å². The van der Waals surface area contributed by atoms with Crippen LogP contribution in [0.1, 0.15) is 11.3 Å². The molecule has 0 amide bonds. The minimum Gasteiger partial charge on any atom is -0.314 e. The Bertz CT molecular complexity index is 488. The molecule has 2 rings (SSSR count). The van der Waals surface area contributed by atoms with E-state index in [4.69, 9.17) is 0 Å². The lowest BCUT2D eigenvalue weighted by atomic mass is 10.2. The number of hydrogen-bond donors (Lipinski definition) is 1. The highest BCUT2D eigenvalue weighted by Gasteiger charge is 2.05. The van der Waals surface area contributed by atoms with Gasteiger partial charge in [-0.25, -0.2) is 8.78 Å². The van der Waals surface area contributed by atoms with E-state index in [0.717, 1.165) is 11.8 Å². The van der Waals surface area contributed by atoms with Crippen molar-refractivity contribution in [1.29, 1.82) is 0 Å². The monoisotopic (exact) mass is 237 g/mol. The molecule has 3 nitrogen and oxygen atoms in total. The average Bonchev–Trinajstić information content (AvgIpc) is 2.65. The van der Waals surface area contributed by atoms with Crippen molar-refractivity contribution in [2.24, 2.45) is 0 Å². The lowest BCUT2D eigenvalue weighted by Crippen LogP contribution is -2.13. The van der Waals surface area contributed by atoms with Crippen LogP contribution in [-0.4, -0.2) is 16.8 Å². The molecule has 0 aliphatic heterocycles. The molecule has 1 aromatic carbocycles. The number of rotatable bonds is 4. The van der Waals surface area contributed by atoms with E-state index in [0.29, 0.717) is 18.7 Å². The van der Waals surface area contributed by atoms with Crippen LogP contribution >= 0.6 is 0 Å². The lowest BCUT2D eigenvalue weighted by molar-refractivity contribution is 0.569. The summed E-state index contributed by atoms with van der Waals surface area (Å²) >= 11 is 0. The van der Waals surface area contributed by atoms with Crippen molar-refractivity contribution >= 4 is 0 Å². The lowest BCUT2D eigenvalue weighted by Gasteiger charge is -2.07. The minimum absolute atomic E-state index is 0.360. The Balaban J connectivity index is 2.22. The zero-order valence-electron chi connectivity index (χ0n) is 9.45. The third-order valence-corrected chi connectivity index (χ3v) is 2.42. The molecule has 0 saturated carbocycles. The summed E-state index contributed by atoms with van der Waals surface area (Å²) in [6.45, 7) is 1.02. The van der Waals surface area contributed by atoms with Gasteiger partial charge in [0, 0.05) is 18.8 Å². The SMILES string of the molecule is CNCc1ccnn1Cc1cc(F)cc(F)c1. The number of benzene rings is 1. The standard InChI is InChI=1S/C12H13F2N3/c1-15-7-12-2-3-16-17(12)8-9-4-10(13)6-11(14)5-9/h2-6,15H,7-8H2,1H3. The van der Waals surface area contributed by atoms with E-state index in [-0.39, 0.29) is 0 Å². The first-order valence-corrected chi connectivity index (χ1v) is 5.29. The second-order valence-corrected chi connectivity index (χ2v) is 3.79. The fourth-order valence-electron chi connectivity index (χ4n) is 1.71. The first-order chi connectivity index (χ1) is 8.19. The Hall–Kier alpha value is -1.75. The van der Waals surface area contributed by atoms with Crippen molar-refractivity contribution in [3.63, 3.8) is 0 Å². The summed E-state index contributed by atoms with van der Waals surface area (Å²) < 4.78 is 27.8. The maximum absolute atomic E-state index is 13.0. The molecule has 0 saturated heterocycles. The maximum atomic E-state index is 13.0. The van der Waals surface area contributed by atoms with Crippen molar-refractivity contribution in [3.05, 3.63) is 53.4 Å². The highest BCUT2D eigenvalue weighted by Crippen LogP contribution is 2.10. The molecule has 0 aliphatic rings. The van der Waals surface area contributed by atoms with Gasteiger partial charge in [-0.05, 0) is 30.8 Å². The fourth-order valence-corrected chi connectivity index (χ4v) is 1.71. The smallest absolute Gasteiger partial charge is 0.126 e. The first-order valence-electron chi connectivity index (χ1n) is 5.29. The van der Waals surface area contributed by atoms with Crippen molar-refractivity contribution < 1.29 is 8.78 Å². The molecule has 0 bridgehead atoms. The van der Waals surface area contributed by atoms with Crippen LogP contribution in [0.5, 0.6) is 0 Å². The summed E-state index contributed by atoms with van der Waals surface area (Å²) in [4.78, 5) is 0. The van der Waals surface area contributed by atoms with Gasteiger partial charge in [0.15, 0.2) is 0 Å². The Labute approximate surface area is 98.1 Å². The molecule has 1 N–H and O–H groups in total. The average molecular weight is 237 g/mol. The molecule has 90 valence electrons. The predicted octanol–water partition coefficient (Wildman–Crippen LogP) is 1.93. The molecule has 0 fully saturated rings. The second kappa shape index (κ2) is 5.05. The van der Waals surface area contributed by atoms with Crippen molar-refractivity contribution in [2.45, 2.75) is 13.1 Å². The van der Waals surface area contributed by atoms with Crippen LogP contribution in [0, 0.1) is 11.6 Å². The molecular formula is C12H13F2N3. The van der Waals surface area contributed by atoms with Crippen LogP contribution in [0.4, 0.5) is 8.78 Å². The highest BCUT2D eigenvalue weighted by atomic mass is 19.1. The van der Waals surface area contributed by atoms with Gasteiger partial charge in [-0.15, -0.1) is 0 Å². The molecule has 0 spiro atoms. The third-order valence-electron chi connectivity index (χ3n) is 2.42. The fraction of sp³-hybridized carbons (Fsp3) is 0.250. The van der Waals surface area contributed by atoms with Gasteiger partial charge in [-0.3, -0.25) is 4.68 Å². The van der Waals surface area contributed by atoms with Crippen LogP contribution in [0.25, 0.3) is 0 Å². The van der Waals surface area contributed by atoms with Crippen LogP contribution in [-0.2, 0) is 13.1 Å². The van der Waals surface area contributed by atoms with Crippen LogP contribution in [0.2, 0.25) is 0 Å². The zero-order valence-corrected chi connectivity index (χ0v) is 9.45. The Morgan fingerprint density at radius 2 is 1.94 bits per heavy atom. The Kier molecular flexibility index (Phi) is 3.49. The molecule has 1 aromatic heterocycles. The largest absolute Gasteiger partial charge is 0.314 e. The second-order valence-electron chi connectivity index (χ2n) is 3.79. The summed E-state index contributed by atoms with van der Waals surface area (Å²) in [5.41, 5.74) is 1.53. The quantitative estimate of drug-likeness (QED) is 0.880. The van der Waals surface area contributed by atoms with Gasteiger partial charge in [-0.2, -0.15) is 5.10 Å². The van der Waals surface area contributed by atoms with Crippen molar-refractivity contribution in [1.82, 2.24) is 15.1 Å². The van der Waals surface area contributed by atoms with E-state index in [2.05, 4.69) is 10.4 Å². The summed E-state index contributed by atoms with van der Waals surface area (Å²) in [5.74, 6) is -1.13. The van der Waals surface area contributed by atoms with Gasteiger partial charge in [0.25, 0.3) is 0 Å². The summed E-state index contributed by atoms with van der Waals surface area (Å²) in [5, 5.41) is 7.13. The number of hydrogen-bond acceptors (Lipinski definition) is 2. The van der Waals surface area contributed by atoms with E-state index >= 15 is 0 Å². The van der Waals surface area contributed by atoms with Crippen molar-refractivity contribution in [2.75, 3.05) is 7.05 Å². The van der Waals surface area contributed by atoms with Gasteiger partial charge in [0.05, 0.1) is 12.2 Å². The third kappa shape index (κ3) is 2.88. The number of nitrogens with zero attached hydrogens (tertiary/aromatic N) is 2. The normalized spacial score (nSPS) is 10.8. The van der Waals surface area contributed by atoms with E-state index in [1.54, 1.807) is 10.9 Å². The van der Waals surface area contributed by atoms with E-state index < -0.39 is 11.6 Å². The van der Waals surface area contributed by atoms with Gasteiger partial charge >= 0.3 is 0 Å². The summed E-state index contributed by atoms with van der Waals surface area (Å²) in [6, 6.07) is 5.36. The van der Waals surface area contributed by atoms with Crippen molar-refractivity contribution in [3.8, 4) is 0 Å². The van der Waals surface area contributed by atoms with E-state index in [1.165, 1.54) is 12.1 Å². The van der Waals surface area contributed by atoms with Crippen LogP contribution in [0.3, 0.4) is 0 Å². The molecule has 0 radical (unpaired) electrons. The molecular weight excluding hydrogens is 224 g/mol. The predicted molar refractivity (Wildman–Crippen MR) is 60.5 cm³/mol. The number of nitrogens with one attached hydrogen (secondary N) is 1. The molecule has 0 aliphatic carbocycles. The molecule has 0 atom stereocenters.